The third-order valence-corrected chi connectivity index (χ3v) is 4.71. The second kappa shape index (κ2) is 7.75. The van der Waals surface area contributed by atoms with Crippen LogP contribution in [0.15, 0.2) is 72.8 Å². The first-order valence-corrected chi connectivity index (χ1v) is 9.59. The molecule has 0 aliphatic heterocycles. The van der Waals surface area contributed by atoms with Gasteiger partial charge < -0.3 is 10.6 Å². The highest BCUT2D eigenvalue weighted by Gasteiger charge is 2.13. The maximum Gasteiger partial charge on any atom is 0.188 e. The van der Waals surface area contributed by atoms with Gasteiger partial charge in [0.05, 0.1) is 11.1 Å². The minimum Gasteiger partial charge on any atom is -0.368 e. The van der Waals surface area contributed by atoms with Crippen molar-refractivity contribution in [1.82, 2.24) is 24.8 Å². The lowest BCUT2D eigenvalue weighted by Crippen LogP contribution is -2.15. The lowest BCUT2D eigenvalue weighted by molar-refractivity contribution is 0.629. The summed E-state index contributed by atoms with van der Waals surface area (Å²) in [6.07, 6.45) is 0. The van der Waals surface area contributed by atoms with Gasteiger partial charge in [0.1, 0.15) is 17.5 Å². The van der Waals surface area contributed by atoms with E-state index in [9.17, 15) is 4.39 Å². The van der Waals surface area contributed by atoms with E-state index in [4.69, 9.17) is 0 Å². The molecule has 0 amide bonds. The molecule has 5 rings (SSSR count). The van der Waals surface area contributed by atoms with E-state index in [2.05, 4.69) is 30.9 Å². The first kappa shape index (κ1) is 18.0. The molecule has 2 aromatic carbocycles. The first-order chi connectivity index (χ1) is 14.8. The van der Waals surface area contributed by atoms with Crippen molar-refractivity contribution in [1.29, 1.82) is 0 Å². The number of para-hydroxylation sites is 1. The van der Waals surface area contributed by atoms with Gasteiger partial charge in [-0.25, -0.2) is 9.37 Å². The molecule has 5 aromatic rings. The topological polar surface area (TPSA) is 80.0 Å². The molecule has 3 heterocycles. The Morgan fingerprint density at radius 1 is 0.767 bits per heavy atom. The zero-order chi connectivity index (χ0) is 20.3. The molecule has 0 atom stereocenters. The molecule has 2 N–H and O–H groups in total. The van der Waals surface area contributed by atoms with Crippen LogP contribution in [0.1, 0.15) is 0 Å². The van der Waals surface area contributed by atoms with E-state index in [1.165, 1.54) is 6.07 Å². The molecule has 0 unspecified atom stereocenters. The highest BCUT2D eigenvalue weighted by atomic mass is 19.1. The van der Waals surface area contributed by atoms with Crippen LogP contribution in [-0.2, 0) is 0 Å². The summed E-state index contributed by atoms with van der Waals surface area (Å²) < 4.78 is 15.7. The fourth-order valence-electron chi connectivity index (χ4n) is 3.24. The number of pyridine rings is 1. The van der Waals surface area contributed by atoms with Crippen molar-refractivity contribution in [2.75, 3.05) is 23.7 Å². The quantitative estimate of drug-likeness (QED) is 0.420. The van der Waals surface area contributed by atoms with E-state index in [-0.39, 0.29) is 5.82 Å². The standard InChI is InChI=1S/C22H18FN7/c23-17-7-3-2-6-16(17)22-28-27-21-12-11-20(29-30(21)22)25-14-13-24-19-10-9-15-5-1-4-8-18(15)26-19/h1-12H,13-14H2,(H,24,26)(H,25,29). The molecule has 8 heteroatoms. The molecule has 0 bridgehead atoms. The fourth-order valence-corrected chi connectivity index (χ4v) is 3.24. The van der Waals surface area contributed by atoms with Crippen molar-refractivity contribution < 1.29 is 4.39 Å². The molecule has 0 saturated heterocycles. The molecule has 7 nitrogen and oxygen atoms in total. The summed E-state index contributed by atoms with van der Waals surface area (Å²) in [5.74, 6) is 1.47. The SMILES string of the molecule is Fc1ccccc1-c1nnc2ccc(NCCNc3ccc4ccccc4n3)nn12. The number of hydrogen-bond donors (Lipinski definition) is 2. The van der Waals surface area contributed by atoms with Gasteiger partial charge in [0.2, 0.25) is 0 Å². The first-order valence-electron chi connectivity index (χ1n) is 9.59. The van der Waals surface area contributed by atoms with Crippen LogP contribution >= 0.6 is 0 Å². The van der Waals surface area contributed by atoms with Crippen LogP contribution in [-0.4, -0.2) is 37.9 Å². The Bertz CT molecular complexity index is 1330. The van der Waals surface area contributed by atoms with Crippen molar-refractivity contribution >= 4 is 28.2 Å². The largest absolute Gasteiger partial charge is 0.368 e. The van der Waals surface area contributed by atoms with E-state index in [0.29, 0.717) is 35.9 Å². The Kier molecular flexibility index (Phi) is 4.65. The number of halogens is 1. The van der Waals surface area contributed by atoms with Gasteiger partial charge in [-0.3, -0.25) is 0 Å². The minimum atomic E-state index is -0.362. The third kappa shape index (κ3) is 3.50. The lowest BCUT2D eigenvalue weighted by atomic mass is 10.2. The summed E-state index contributed by atoms with van der Waals surface area (Å²) >= 11 is 0. The smallest absolute Gasteiger partial charge is 0.188 e. The van der Waals surface area contributed by atoms with Crippen molar-refractivity contribution in [3.63, 3.8) is 0 Å². The van der Waals surface area contributed by atoms with Gasteiger partial charge in [0.25, 0.3) is 0 Å². The van der Waals surface area contributed by atoms with Crippen LogP contribution < -0.4 is 10.6 Å². The molecule has 3 aromatic heterocycles. The summed E-state index contributed by atoms with van der Waals surface area (Å²) in [7, 11) is 0. The summed E-state index contributed by atoms with van der Waals surface area (Å²) in [6.45, 7) is 1.29. The molecule has 0 aliphatic rings. The van der Waals surface area contributed by atoms with Crippen molar-refractivity contribution in [2.24, 2.45) is 0 Å². The second-order valence-corrected chi connectivity index (χ2v) is 6.73. The van der Waals surface area contributed by atoms with E-state index in [1.54, 1.807) is 28.8 Å². The number of nitrogens with zero attached hydrogens (tertiary/aromatic N) is 5. The van der Waals surface area contributed by atoms with Gasteiger partial charge in [-0.05, 0) is 42.5 Å². The number of rotatable bonds is 6. The number of anilines is 2. The second-order valence-electron chi connectivity index (χ2n) is 6.73. The normalized spacial score (nSPS) is 11.1. The van der Waals surface area contributed by atoms with Crippen LogP contribution in [0.3, 0.4) is 0 Å². The highest BCUT2D eigenvalue weighted by Crippen LogP contribution is 2.21. The summed E-state index contributed by atoms with van der Waals surface area (Å²) in [6, 6.07) is 22.1. The average molecular weight is 399 g/mol. The van der Waals surface area contributed by atoms with Crippen molar-refractivity contribution in [3.8, 4) is 11.4 Å². The maximum absolute atomic E-state index is 14.1. The van der Waals surface area contributed by atoms with Crippen molar-refractivity contribution in [3.05, 3.63) is 78.6 Å². The van der Waals surface area contributed by atoms with E-state index in [1.807, 2.05) is 42.5 Å². The molecular formula is C22H18FN7. The predicted molar refractivity (Wildman–Crippen MR) is 115 cm³/mol. The van der Waals surface area contributed by atoms with Gasteiger partial charge in [-0.1, -0.05) is 30.3 Å². The van der Waals surface area contributed by atoms with Crippen LogP contribution in [0.2, 0.25) is 0 Å². The molecule has 0 fully saturated rings. The number of hydrogen-bond acceptors (Lipinski definition) is 6. The zero-order valence-corrected chi connectivity index (χ0v) is 16.0. The van der Waals surface area contributed by atoms with Crippen molar-refractivity contribution in [2.45, 2.75) is 0 Å². The average Bonchev–Trinajstić information content (AvgIpc) is 3.20. The van der Waals surface area contributed by atoms with E-state index >= 15 is 0 Å². The number of fused-ring (bicyclic) bond motifs is 2. The Balaban J connectivity index is 1.27. The fraction of sp³-hybridized carbons (Fsp3) is 0.0909. The van der Waals surface area contributed by atoms with Gasteiger partial charge in [-0.15, -0.1) is 15.3 Å². The van der Waals surface area contributed by atoms with E-state index in [0.717, 1.165) is 16.7 Å². The molecule has 0 aliphatic carbocycles. The molecule has 0 spiro atoms. The van der Waals surface area contributed by atoms with Crippen LogP contribution in [0.4, 0.5) is 16.0 Å². The number of nitrogens with one attached hydrogen (secondary N) is 2. The van der Waals surface area contributed by atoms with Crippen LogP contribution in [0, 0.1) is 5.82 Å². The zero-order valence-electron chi connectivity index (χ0n) is 16.0. The van der Waals surface area contributed by atoms with Gasteiger partial charge in [0, 0.05) is 18.5 Å². The Morgan fingerprint density at radius 3 is 2.43 bits per heavy atom. The predicted octanol–water partition coefficient (Wildman–Crippen LogP) is 4.00. The minimum absolute atomic E-state index is 0.360. The van der Waals surface area contributed by atoms with Gasteiger partial charge in [0.15, 0.2) is 11.5 Å². The summed E-state index contributed by atoms with van der Waals surface area (Å²) in [5, 5.41) is 20.3. The van der Waals surface area contributed by atoms with Crippen LogP contribution in [0.25, 0.3) is 27.9 Å². The monoisotopic (exact) mass is 399 g/mol. The summed E-state index contributed by atoms with van der Waals surface area (Å²) in [4.78, 5) is 4.60. The molecule has 30 heavy (non-hydrogen) atoms. The van der Waals surface area contributed by atoms with Crippen LogP contribution in [0.5, 0.6) is 0 Å². The number of aromatic nitrogens is 5. The molecule has 0 saturated carbocycles. The van der Waals surface area contributed by atoms with E-state index < -0.39 is 0 Å². The molecule has 148 valence electrons. The Morgan fingerprint density at radius 2 is 1.53 bits per heavy atom. The molecule has 0 radical (unpaired) electrons. The maximum atomic E-state index is 14.1. The third-order valence-electron chi connectivity index (χ3n) is 4.71. The Labute approximate surface area is 171 Å². The summed E-state index contributed by atoms with van der Waals surface area (Å²) in [5.41, 5.74) is 1.87. The van der Waals surface area contributed by atoms with Gasteiger partial charge in [-0.2, -0.15) is 4.52 Å². The number of benzene rings is 2. The highest BCUT2D eigenvalue weighted by molar-refractivity contribution is 5.80. The Hall–Kier alpha value is -4.07. The van der Waals surface area contributed by atoms with Gasteiger partial charge >= 0.3 is 0 Å². The molecular weight excluding hydrogens is 381 g/mol. The lowest BCUT2D eigenvalue weighted by Gasteiger charge is -2.09.